The second-order valence-electron chi connectivity index (χ2n) is 4.44. The third-order valence-corrected chi connectivity index (χ3v) is 2.95. The molecule has 0 heterocycles. The highest BCUT2D eigenvalue weighted by atomic mass is 16.5. The van der Waals surface area contributed by atoms with Gasteiger partial charge in [0.15, 0.2) is 6.10 Å². The summed E-state index contributed by atoms with van der Waals surface area (Å²) in [5, 5.41) is 8.86. The number of benzene rings is 2. The molecule has 1 unspecified atom stereocenters. The molecule has 0 spiro atoms. The molecule has 98 valence electrons. The molecule has 0 aliphatic heterocycles. The van der Waals surface area contributed by atoms with Crippen molar-refractivity contribution < 1.29 is 14.6 Å². The van der Waals surface area contributed by atoms with Gasteiger partial charge in [0, 0.05) is 0 Å². The fourth-order valence-electron chi connectivity index (χ4n) is 1.86. The Kier molecular flexibility index (Phi) is 3.85. The van der Waals surface area contributed by atoms with Gasteiger partial charge in [0.05, 0.1) is 0 Å². The van der Waals surface area contributed by atoms with Crippen LogP contribution in [0.3, 0.4) is 0 Å². The van der Waals surface area contributed by atoms with E-state index in [4.69, 9.17) is 9.84 Å². The Labute approximate surface area is 112 Å². The van der Waals surface area contributed by atoms with Crippen molar-refractivity contribution in [1.82, 2.24) is 0 Å². The summed E-state index contributed by atoms with van der Waals surface area (Å²) in [5.74, 6) is -0.402. The van der Waals surface area contributed by atoms with Crippen molar-refractivity contribution in [3.05, 3.63) is 54.1 Å². The van der Waals surface area contributed by atoms with Gasteiger partial charge in [0.1, 0.15) is 5.75 Å². The lowest BCUT2D eigenvalue weighted by molar-refractivity contribution is -0.144. The van der Waals surface area contributed by atoms with Crippen LogP contribution >= 0.6 is 0 Å². The molecule has 0 bridgehead atoms. The number of hydrogen-bond acceptors (Lipinski definition) is 2. The molecule has 0 amide bonds. The summed E-state index contributed by atoms with van der Waals surface area (Å²) in [6, 6.07) is 15.6. The predicted molar refractivity (Wildman–Crippen MR) is 74.3 cm³/mol. The fourth-order valence-corrected chi connectivity index (χ4v) is 1.86. The molecule has 0 aliphatic carbocycles. The van der Waals surface area contributed by atoms with E-state index in [9.17, 15) is 4.79 Å². The van der Waals surface area contributed by atoms with E-state index in [-0.39, 0.29) is 0 Å². The van der Waals surface area contributed by atoms with Crippen molar-refractivity contribution in [2.45, 2.75) is 20.0 Å². The molecule has 3 nitrogen and oxygen atoms in total. The van der Waals surface area contributed by atoms with E-state index in [0.717, 1.165) is 16.7 Å². The summed E-state index contributed by atoms with van der Waals surface area (Å²) in [5.41, 5.74) is 3.27. The average Bonchev–Trinajstić information content (AvgIpc) is 2.41. The quantitative estimate of drug-likeness (QED) is 0.910. The van der Waals surface area contributed by atoms with Crippen molar-refractivity contribution >= 4 is 5.97 Å². The van der Waals surface area contributed by atoms with Crippen molar-refractivity contribution in [2.24, 2.45) is 0 Å². The Morgan fingerprint density at radius 1 is 1.16 bits per heavy atom. The molecule has 0 aliphatic rings. The van der Waals surface area contributed by atoms with E-state index in [1.54, 1.807) is 6.07 Å². The Bertz CT molecular complexity index is 576. The van der Waals surface area contributed by atoms with Crippen LogP contribution in [-0.4, -0.2) is 17.2 Å². The molecule has 3 heteroatoms. The van der Waals surface area contributed by atoms with Crippen LogP contribution < -0.4 is 4.74 Å². The van der Waals surface area contributed by atoms with Gasteiger partial charge in [-0.3, -0.25) is 0 Å². The maximum absolute atomic E-state index is 10.8. The van der Waals surface area contributed by atoms with Crippen LogP contribution in [0.5, 0.6) is 5.75 Å². The number of aliphatic carboxylic acids is 1. The van der Waals surface area contributed by atoms with Crippen LogP contribution in [0.2, 0.25) is 0 Å². The third-order valence-electron chi connectivity index (χ3n) is 2.95. The first kappa shape index (κ1) is 13.1. The summed E-state index contributed by atoms with van der Waals surface area (Å²) in [6.45, 7) is 3.54. The molecule has 2 rings (SSSR count). The van der Waals surface area contributed by atoms with Crippen LogP contribution in [0.25, 0.3) is 11.1 Å². The molecular formula is C16H16O3. The minimum Gasteiger partial charge on any atom is -0.479 e. The smallest absolute Gasteiger partial charge is 0.344 e. The molecule has 1 atom stereocenters. The number of hydrogen-bond donors (Lipinski definition) is 1. The molecule has 0 aromatic heterocycles. The van der Waals surface area contributed by atoms with Crippen LogP contribution in [-0.2, 0) is 4.79 Å². The lowest BCUT2D eigenvalue weighted by atomic mass is 10.0. The molecule has 0 radical (unpaired) electrons. The minimum absolute atomic E-state index is 0.569. The lowest BCUT2D eigenvalue weighted by Gasteiger charge is -2.13. The van der Waals surface area contributed by atoms with E-state index >= 15 is 0 Å². The first-order valence-electron chi connectivity index (χ1n) is 6.13. The van der Waals surface area contributed by atoms with E-state index in [1.807, 2.05) is 49.4 Å². The maximum atomic E-state index is 10.8. The fraction of sp³-hybridized carbons (Fsp3) is 0.188. The standard InChI is InChI=1S/C16H16O3/c1-11-8-9-14(19-12(2)16(17)18)10-15(11)13-6-4-3-5-7-13/h3-10,12H,1-2H3,(H,17,18). The highest BCUT2D eigenvalue weighted by molar-refractivity contribution is 5.73. The Morgan fingerprint density at radius 2 is 1.84 bits per heavy atom. The van der Waals surface area contributed by atoms with Gasteiger partial charge >= 0.3 is 5.97 Å². The molecule has 1 N–H and O–H groups in total. The van der Waals surface area contributed by atoms with Gasteiger partial charge in [0.2, 0.25) is 0 Å². The predicted octanol–water partition coefficient (Wildman–Crippen LogP) is 3.51. The summed E-state index contributed by atoms with van der Waals surface area (Å²) in [7, 11) is 0. The Hall–Kier alpha value is -2.29. The zero-order valence-electron chi connectivity index (χ0n) is 11.0. The summed E-state index contributed by atoms with van der Waals surface area (Å²) >= 11 is 0. The van der Waals surface area contributed by atoms with E-state index in [2.05, 4.69) is 0 Å². The number of aryl methyl sites for hydroxylation is 1. The summed E-state index contributed by atoms with van der Waals surface area (Å²) in [4.78, 5) is 10.8. The number of carbonyl (C=O) groups is 1. The Morgan fingerprint density at radius 3 is 2.47 bits per heavy atom. The van der Waals surface area contributed by atoms with Crippen LogP contribution in [0.1, 0.15) is 12.5 Å². The van der Waals surface area contributed by atoms with Gasteiger partial charge in [-0.15, -0.1) is 0 Å². The average molecular weight is 256 g/mol. The number of rotatable bonds is 4. The highest BCUT2D eigenvalue weighted by Gasteiger charge is 2.13. The molecule has 0 saturated heterocycles. The minimum atomic E-state index is -0.971. The topological polar surface area (TPSA) is 46.5 Å². The van der Waals surface area contributed by atoms with E-state index in [1.165, 1.54) is 6.92 Å². The van der Waals surface area contributed by atoms with Gasteiger partial charge < -0.3 is 9.84 Å². The maximum Gasteiger partial charge on any atom is 0.344 e. The van der Waals surface area contributed by atoms with Gasteiger partial charge in [-0.25, -0.2) is 4.79 Å². The van der Waals surface area contributed by atoms with Crippen LogP contribution in [0.4, 0.5) is 0 Å². The number of carboxylic acid groups (broad SMARTS) is 1. The number of carboxylic acids is 1. The van der Waals surface area contributed by atoms with Gasteiger partial charge in [0.25, 0.3) is 0 Å². The van der Waals surface area contributed by atoms with Gasteiger partial charge in [-0.05, 0) is 42.7 Å². The second kappa shape index (κ2) is 5.57. The SMILES string of the molecule is Cc1ccc(OC(C)C(=O)O)cc1-c1ccccc1. The summed E-state index contributed by atoms with van der Waals surface area (Å²) in [6.07, 6.45) is -0.855. The monoisotopic (exact) mass is 256 g/mol. The van der Waals surface area contributed by atoms with Crippen molar-refractivity contribution in [3.63, 3.8) is 0 Å². The Balaban J connectivity index is 2.33. The van der Waals surface area contributed by atoms with Crippen molar-refractivity contribution in [2.75, 3.05) is 0 Å². The molecule has 2 aromatic rings. The normalized spacial score (nSPS) is 11.9. The molecule has 0 saturated carbocycles. The zero-order valence-corrected chi connectivity index (χ0v) is 11.0. The highest BCUT2D eigenvalue weighted by Crippen LogP contribution is 2.27. The second-order valence-corrected chi connectivity index (χ2v) is 4.44. The zero-order chi connectivity index (χ0) is 13.8. The van der Waals surface area contributed by atoms with E-state index < -0.39 is 12.1 Å². The molecule has 19 heavy (non-hydrogen) atoms. The van der Waals surface area contributed by atoms with Crippen molar-refractivity contribution in [3.8, 4) is 16.9 Å². The van der Waals surface area contributed by atoms with Gasteiger partial charge in [-0.1, -0.05) is 36.4 Å². The van der Waals surface area contributed by atoms with E-state index in [0.29, 0.717) is 5.75 Å². The van der Waals surface area contributed by atoms with Crippen LogP contribution in [0, 0.1) is 6.92 Å². The first-order chi connectivity index (χ1) is 9.08. The summed E-state index contributed by atoms with van der Waals surface area (Å²) < 4.78 is 5.39. The van der Waals surface area contributed by atoms with Crippen molar-refractivity contribution in [1.29, 1.82) is 0 Å². The molecule has 2 aromatic carbocycles. The largest absolute Gasteiger partial charge is 0.479 e. The lowest BCUT2D eigenvalue weighted by Crippen LogP contribution is -2.22. The third kappa shape index (κ3) is 3.13. The number of ether oxygens (including phenoxy) is 1. The molecule has 0 fully saturated rings. The first-order valence-corrected chi connectivity index (χ1v) is 6.13. The van der Waals surface area contributed by atoms with Gasteiger partial charge in [-0.2, -0.15) is 0 Å². The molecular weight excluding hydrogens is 240 g/mol. The van der Waals surface area contributed by atoms with Crippen LogP contribution in [0.15, 0.2) is 48.5 Å².